The molecule has 21 heavy (non-hydrogen) atoms. The lowest BCUT2D eigenvalue weighted by molar-refractivity contribution is 0.624. The first-order valence-corrected chi connectivity index (χ1v) is 6.99. The Hall–Kier alpha value is -2.45. The SMILES string of the molecule is N#Cc1ccc(Nc2cccc3ncccc23)c(F)c1Br. The van der Waals surface area contributed by atoms with Gasteiger partial charge in [-0.1, -0.05) is 6.07 Å². The monoisotopic (exact) mass is 341 g/mol. The summed E-state index contributed by atoms with van der Waals surface area (Å²) in [5.41, 5.74) is 2.15. The maximum Gasteiger partial charge on any atom is 0.162 e. The molecule has 102 valence electrons. The molecule has 0 atom stereocenters. The number of anilines is 2. The van der Waals surface area contributed by atoms with Crippen LogP contribution in [0.2, 0.25) is 0 Å². The fourth-order valence-corrected chi connectivity index (χ4v) is 2.52. The van der Waals surface area contributed by atoms with E-state index in [4.69, 9.17) is 5.26 Å². The van der Waals surface area contributed by atoms with Crippen molar-refractivity contribution in [3.05, 3.63) is 64.5 Å². The fourth-order valence-electron chi connectivity index (χ4n) is 2.09. The number of nitrogens with one attached hydrogen (secondary N) is 1. The van der Waals surface area contributed by atoms with Gasteiger partial charge in [-0.15, -0.1) is 0 Å². The number of nitrogens with zero attached hydrogens (tertiary/aromatic N) is 2. The summed E-state index contributed by atoms with van der Waals surface area (Å²) >= 11 is 3.10. The molecule has 0 fully saturated rings. The molecule has 0 aliphatic rings. The van der Waals surface area contributed by atoms with Gasteiger partial charge in [-0.2, -0.15) is 5.26 Å². The quantitative estimate of drug-likeness (QED) is 0.731. The van der Waals surface area contributed by atoms with Crippen molar-refractivity contribution in [2.45, 2.75) is 0 Å². The molecule has 3 rings (SSSR count). The predicted octanol–water partition coefficient (Wildman–Crippen LogP) is 4.75. The number of aromatic nitrogens is 1. The number of fused-ring (bicyclic) bond motifs is 1. The van der Waals surface area contributed by atoms with E-state index >= 15 is 0 Å². The van der Waals surface area contributed by atoms with E-state index in [1.165, 1.54) is 0 Å². The third kappa shape index (κ3) is 2.46. The van der Waals surface area contributed by atoms with E-state index in [9.17, 15) is 4.39 Å². The van der Waals surface area contributed by atoms with Gasteiger partial charge in [-0.25, -0.2) is 4.39 Å². The lowest BCUT2D eigenvalue weighted by atomic mass is 10.1. The van der Waals surface area contributed by atoms with Gasteiger partial charge in [0.2, 0.25) is 0 Å². The number of hydrogen-bond acceptors (Lipinski definition) is 3. The summed E-state index contributed by atoms with van der Waals surface area (Å²) in [5, 5.41) is 12.8. The van der Waals surface area contributed by atoms with E-state index in [0.717, 1.165) is 16.6 Å². The van der Waals surface area contributed by atoms with Crippen molar-refractivity contribution in [3.8, 4) is 6.07 Å². The predicted molar refractivity (Wildman–Crippen MR) is 83.8 cm³/mol. The molecule has 0 saturated heterocycles. The molecule has 0 spiro atoms. The molecule has 3 aromatic rings. The maximum absolute atomic E-state index is 14.3. The molecule has 0 unspecified atom stereocenters. The zero-order valence-corrected chi connectivity index (χ0v) is 12.4. The van der Waals surface area contributed by atoms with E-state index in [2.05, 4.69) is 26.2 Å². The Morgan fingerprint density at radius 3 is 2.76 bits per heavy atom. The average Bonchev–Trinajstić information content (AvgIpc) is 2.52. The standard InChI is InChI=1S/C16H9BrFN3/c17-15-10(9-19)6-7-14(16(15)18)21-13-5-1-4-12-11(13)3-2-8-20-12/h1-8,21H. The molecular weight excluding hydrogens is 333 g/mol. The minimum atomic E-state index is -0.491. The first-order chi connectivity index (χ1) is 10.2. The number of benzene rings is 2. The van der Waals surface area contributed by atoms with Crippen LogP contribution in [0.3, 0.4) is 0 Å². The molecular formula is C16H9BrFN3. The van der Waals surface area contributed by atoms with Gasteiger partial charge in [0.25, 0.3) is 0 Å². The first-order valence-electron chi connectivity index (χ1n) is 6.19. The van der Waals surface area contributed by atoms with Crippen molar-refractivity contribution >= 4 is 38.2 Å². The van der Waals surface area contributed by atoms with Gasteiger partial charge in [0.15, 0.2) is 5.82 Å². The second kappa shape index (κ2) is 5.51. The Morgan fingerprint density at radius 1 is 1.10 bits per heavy atom. The number of halogens is 2. The summed E-state index contributed by atoms with van der Waals surface area (Å²) in [6, 6.07) is 14.4. The van der Waals surface area contributed by atoms with Gasteiger partial charge >= 0.3 is 0 Å². The molecule has 3 nitrogen and oxygen atoms in total. The highest BCUT2D eigenvalue weighted by Gasteiger charge is 2.12. The van der Waals surface area contributed by atoms with Crippen molar-refractivity contribution < 1.29 is 4.39 Å². The highest BCUT2D eigenvalue weighted by molar-refractivity contribution is 9.10. The molecule has 0 aliphatic carbocycles. The lowest BCUT2D eigenvalue weighted by Crippen LogP contribution is -1.97. The van der Waals surface area contributed by atoms with Crippen molar-refractivity contribution in [1.29, 1.82) is 5.26 Å². The van der Waals surface area contributed by atoms with Crippen LogP contribution in [0.5, 0.6) is 0 Å². The molecule has 0 bridgehead atoms. The van der Waals surface area contributed by atoms with E-state index in [1.54, 1.807) is 18.3 Å². The highest BCUT2D eigenvalue weighted by Crippen LogP contribution is 2.31. The van der Waals surface area contributed by atoms with Crippen LogP contribution in [-0.4, -0.2) is 4.98 Å². The average molecular weight is 342 g/mol. The topological polar surface area (TPSA) is 48.7 Å². The molecule has 0 aliphatic heterocycles. The molecule has 1 aromatic heterocycles. The summed E-state index contributed by atoms with van der Waals surface area (Å²) in [6.45, 7) is 0. The molecule has 1 heterocycles. The second-order valence-electron chi connectivity index (χ2n) is 4.40. The van der Waals surface area contributed by atoms with Gasteiger partial charge in [-0.3, -0.25) is 4.98 Å². The first kappa shape index (κ1) is 13.5. The highest BCUT2D eigenvalue weighted by atomic mass is 79.9. The van der Waals surface area contributed by atoms with E-state index in [-0.39, 0.29) is 10.0 Å². The van der Waals surface area contributed by atoms with Crippen molar-refractivity contribution in [1.82, 2.24) is 4.98 Å². The van der Waals surface area contributed by atoms with Crippen LogP contribution in [0.4, 0.5) is 15.8 Å². The van der Waals surface area contributed by atoms with E-state index < -0.39 is 5.82 Å². The van der Waals surface area contributed by atoms with E-state index in [1.807, 2.05) is 36.4 Å². The largest absolute Gasteiger partial charge is 0.353 e. The van der Waals surface area contributed by atoms with Crippen LogP contribution in [0.15, 0.2) is 53.1 Å². The molecule has 0 radical (unpaired) electrons. The van der Waals surface area contributed by atoms with Crippen LogP contribution in [-0.2, 0) is 0 Å². The van der Waals surface area contributed by atoms with Crippen LogP contribution in [0.25, 0.3) is 10.9 Å². The Morgan fingerprint density at radius 2 is 1.95 bits per heavy atom. The molecule has 2 aromatic carbocycles. The Kier molecular flexibility index (Phi) is 3.55. The third-order valence-corrected chi connectivity index (χ3v) is 3.89. The maximum atomic E-state index is 14.3. The number of nitriles is 1. The fraction of sp³-hybridized carbons (Fsp3) is 0. The number of pyridine rings is 1. The van der Waals surface area contributed by atoms with Crippen molar-refractivity contribution in [3.63, 3.8) is 0 Å². The van der Waals surface area contributed by atoms with Crippen LogP contribution >= 0.6 is 15.9 Å². The summed E-state index contributed by atoms with van der Waals surface area (Å²) in [6.07, 6.45) is 1.71. The van der Waals surface area contributed by atoms with Gasteiger partial charge < -0.3 is 5.32 Å². The van der Waals surface area contributed by atoms with Gasteiger partial charge in [-0.05, 0) is 52.3 Å². The smallest absolute Gasteiger partial charge is 0.162 e. The molecule has 0 saturated carbocycles. The molecule has 5 heteroatoms. The van der Waals surface area contributed by atoms with E-state index in [0.29, 0.717) is 5.69 Å². The third-order valence-electron chi connectivity index (χ3n) is 3.12. The summed E-state index contributed by atoms with van der Waals surface area (Å²) in [5.74, 6) is -0.491. The normalized spacial score (nSPS) is 10.3. The van der Waals surface area contributed by atoms with Gasteiger partial charge in [0.05, 0.1) is 21.2 Å². The zero-order valence-electron chi connectivity index (χ0n) is 10.8. The van der Waals surface area contributed by atoms with Crippen molar-refractivity contribution in [2.75, 3.05) is 5.32 Å². The number of hydrogen-bond donors (Lipinski definition) is 1. The van der Waals surface area contributed by atoms with Crippen molar-refractivity contribution in [2.24, 2.45) is 0 Å². The Labute approximate surface area is 129 Å². The molecule has 0 amide bonds. The van der Waals surface area contributed by atoms with Crippen LogP contribution in [0, 0.1) is 17.1 Å². The van der Waals surface area contributed by atoms with Gasteiger partial charge in [0.1, 0.15) is 6.07 Å². The summed E-state index contributed by atoms with van der Waals surface area (Å²) in [4.78, 5) is 4.26. The summed E-state index contributed by atoms with van der Waals surface area (Å²) < 4.78 is 14.4. The Bertz CT molecular complexity index is 866. The second-order valence-corrected chi connectivity index (χ2v) is 5.19. The number of rotatable bonds is 2. The minimum Gasteiger partial charge on any atom is -0.353 e. The minimum absolute atomic E-state index is 0.161. The zero-order chi connectivity index (χ0) is 14.8. The Balaban J connectivity index is 2.08. The lowest BCUT2D eigenvalue weighted by Gasteiger charge is -2.11. The van der Waals surface area contributed by atoms with Gasteiger partial charge in [0, 0.05) is 17.3 Å². The summed E-state index contributed by atoms with van der Waals surface area (Å²) in [7, 11) is 0. The van der Waals surface area contributed by atoms with Crippen LogP contribution in [0.1, 0.15) is 5.56 Å². The van der Waals surface area contributed by atoms with Crippen LogP contribution < -0.4 is 5.32 Å². The molecule has 1 N–H and O–H groups in total.